The van der Waals surface area contributed by atoms with Crippen LogP contribution in [-0.4, -0.2) is 48.3 Å². The van der Waals surface area contributed by atoms with Gasteiger partial charge in [-0.1, -0.05) is 0 Å². The summed E-state index contributed by atoms with van der Waals surface area (Å²) in [4.78, 5) is 14.5. The quantitative estimate of drug-likeness (QED) is 0.667. The fourth-order valence-corrected chi connectivity index (χ4v) is 3.63. The van der Waals surface area contributed by atoms with Crippen LogP contribution in [0.1, 0.15) is 60.5 Å². The number of aromatic nitrogens is 5. The first-order chi connectivity index (χ1) is 13.7. The van der Waals surface area contributed by atoms with Gasteiger partial charge in [0.1, 0.15) is 11.5 Å². The third-order valence-electron chi connectivity index (χ3n) is 5.19. The van der Waals surface area contributed by atoms with Gasteiger partial charge in [-0.15, -0.1) is 10.2 Å². The van der Waals surface area contributed by atoms with Crippen molar-refractivity contribution in [3.8, 4) is 0 Å². The number of piperidine rings is 1. The Morgan fingerprint density at radius 1 is 1.21 bits per heavy atom. The fourth-order valence-electron chi connectivity index (χ4n) is 3.63. The lowest BCUT2D eigenvalue weighted by molar-refractivity contribution is -0.137. The van der Waals surface area contributed by atoms with Crippen LogP contribution in [0.4, 0.5) is 13.2 Å². The summed E-state index contributed by atoms with van der Waals surface area (Å²) in [5, 5.41) is 12.4. The molecule has 7 nitrogen and oxygen atoms in total. The molecule has 1 saturated heterocycles. The van der Waals surface area contributed by atoms with E-state index in [-0.39, 0.29) is 17.9 Å². The number of amides is 1. The molecule has 29 heavy (non-hydrogen) atoms. The number of alkyl halides is 3. The molecule has 4 heterocycles. The van der Waals surface area contributed by atoms with E-state index in [9.17, 15) is 18.0 Å². The number of carbonyl (C=O) groups excluding carboxylic acids is 1. The molecule has 1 aliphatic rings. The van der Waals surface area contributed by atoms with Crippen molar-refractivity contribution in [2.45, 2.75) is 44.8 Å². The second kappa shape index (κ2) is 7.16. The number of pyridine rings is 1. The normalized spacial score (nSPS) is 18.0. The van der Waals surface area contributed by atoms with Crippen molar-refractivity contribution < 1.29 is 18.0 Å². The molecule has 0 spiro atoms. The molecule has 0 aliphatic carbocycles. The predicted molar refractivity (Wildman–Crippen MR) is 98.5 cm³/mol. The molecule has 1 fully saturated rings. The Balaban J connectivity index is 1.59. The highest BCUT2D eigenvalue weighted by molar-refractivity contribution is 5.92. The molecule has 0 radical (unpaired) electrons. The van der Waals surface area contributed by atoms with Gasteiger partial charge in [0.2, 0.25) is 0 Å². The van der Waals surface area contributed by atoms with E-state index in [1.54, 1.807) is 21.8 Å². The summed E-state index contributed by atoms with van der Waals surface area (Å²) in [6, 6.07) is 4.14. The maximum Gasteiger partial charge on any atom is 0.417 e. The SMILES string of the molecule is CC(C)n1ccc(C(=O)N2CCCC(c3nnc4ccc(C(F)(F)F)cn34)C2)n1. The van der Waals surface area contributed by atoms with Crippen LogP contribution in [0.25, 0.3) is 5.65 Å². The maximum absolute atomic E-state index is 13.1. The van der Waals surface area contributed by atoms with Crippen molar-refractivity contribution in [2.75, 3.05) is 13.1 Å². The number of rotatable bonds is 3. The highest BCUT2D eigenvalue weighted by Gasteiger charge is 2.33. The Morgan fingerprint density at radius 3 is 2.69 bits per heavy atom. The van der Waals surface area contributed by atoms with E-state index in [0.29, 0.717) is 30.3 Å². The van der Waals surface area contributed by atoms with Crippen molar-refractivity contribution in [3.05, 3.63) is 47.7 Å². The van der Waals surface area contributed by atoms with Crippen LogP contribution in [0.15, 0.2) is 30.6 Å². The molecular weight excluding hydrogens is 385 g/mol. The zero-order chi connectivity index (χ0) is 20.8. The van der Waals surface area contributed by atoms with Gasteiger partial charge < -0.3 is 4.90 Å². The topological polar surface area (TPSA) is 68.3 Å². The summed E-state index contributed by atoms with van der Waals surface area (Å²) in [5.41, 5.74) is -0.0362. The highest BCUT2D eigenvalue weighted by atomic mass is 19.4. The van der Waals surface area contributed by atoms with Crippen molar-refractivity contribution in [1.82, 2.24) is 29.3 Å². The molecule has 3 aromatic rings. The average Bonchev–Trinajstić information content (AvgIpc) is 3.33. The summed E-state index contributed by atoms with van der Waals surface area (Å²) < 4.78 is 42.4. The van der Waals surface area contributed by atoms with Crippen molar-refractivity contribution >= 4 is 11.6 Å². The van der Waals surface area contributed by atoms with Gasteiger partial charge in [0.25, 0.3) is 5.91 Å². The van der Waals surface area contributed by atoms with Gasteiger partial charge >= 0.3 is 6.18 Å². The molecule has 1 unspecified atom stereocenters. The summed E-state index contributed by atoms with van der Waals surface area (Å²) in [6.45, 7) is 4.90. The maximum atomic E-state index is 13.1. The molecule has 4 rings (SSSR count). The minimum Gasteiger partial charge on any atom is -0.337 e. The van der Waals surface area contributed by atoms with Crippen molar-refractivity contribution in [1.29, 1.82) is 0 Å². The van der Waals surface area contributed by atoms with Crippen molar-refractivity contribution in [2.24, 2.45) is 0 Å². The lowest BCUT2D eigenvalue weighted by Gasteiger charge is -2.31. The van der Waals surface area contributed by atoms with Gasteiger partial charge in [-0.2, -0.15) is 18.3 Å². The van der Waals surface area contributed by atoms with E-state index < -0.39 is 11.7 Å². The number of hydrogen-bond acceptors (Lipinski definition) is 4. The van der Waals surface area contributed by atoms with Gasteiger partial charge in [0, 0.05) is 37.4 Å². The van der Waals surface area contributed by atoms with Crippen LogP contribution in [-0.2, 0) is 6.18 Å². The van der Waals surface area contributed by atoms with E-state index >= 15 is 0 Å². The molecule has 1 atom stereocenters. The molecule has 3 aromatic heterocycles. The molecule has 1 aliphatic heterocycles. The molecule has 0 aromatic carbocycles. The average molecular weight is 406 g/mol. The van der Waals surface area contributed by atoms with E-state index in [1.165, 1.54) is 10.5 Å². The summed E-state index contributed by atoms with van der Waals surface area (Å²) in [5.74, 6) is 0.0635. The summed E-state index contributed by atoms with van der Waals surface area (Å²) >= 11 is 0. The lowest BCUT2D eigenvalue weighted by atomic mass is 9.97. The number of nitrogens with zero attached hydrogens (tertiary/aromatic N) is 6. The first-order valence-electron chi connectivity index (χ1n) is 9.50. The van der Waals surface area contributed by atoms with Crippen LogP contribution in [0.2, 0.25) is 0 Å². The zero-order valence-corrected chi connectivity index (χ0v) is 16.1. The second-order valence-corrected chi connectivity index (χ2v) is 7.57. The van der Waals surface area contributed by atoms with Crippen molar-refractivity contribution in [3.63, 3.8) is 0 Å². The monoisotopic (exact) mass is 406 g/mol. The Labute approximate surface area is 165 Å². The second-order valence-electron chi connectivity index (χ2n) is 7.57. The minimum atomic E-state index is -4.44. The first-order valence-corrected chi connectivity index (χ1v) is 9.50. The van der Waals surface area contributed by atoms with E-state index in [2.05, 4.69) is 15.3 Å². The molecule has 1 amide bonds. The predicted octanol–water partition coefficient (Wildman–Crippen LogP) is 3.55. The van der Waals surface area contributed by atoms with Crippen LogP contribution in [0.3, 0.4) is 0 Å². The molecule has 10 heteroatoms. The van der Waals surface area contributed by atoms with E-state index in [4.69, 9.17) is 0 Å². The Kier molecular flexibility index (Phi) is 4.79. The van der Waals surface area contributed by atoms with Gasteiger partial charge in [0.05, 0.1) is 5.56 Å². The van der Waals surface area contributed by atoms with Gasteiger partial charge in [0.15, 0.2) is 5.65 Å². The van der Waals surface area contributed by atoms with Crippen LogP contribution < -0.4 is 0 Å². The van der Waals surface area contributed by atoms with Gasteiger partial charge in [-0.25, -0.2) is 0 Å². The van der Waals surface area contributed by atoms with Gasteiger partial charge in [-0.3, -0.25) is 13.9 Å². The van der Waals surface area contributed by atoms with Crippen LogP contribution >= 0.6 is 0 Å². The standard InChI is InChI=1S/C19H21F3N6O/c1-12(2)28-9-7-15(25-28)18(29)26-8-3-4-13(10-26)17-24-23-16-6-5-14(11-27(16)17)19(20,21)22/h5-7,9,11-13H,3-4,8,10H2,1-2H3. The third-order valence-corrected chi connectivity index (χ3v) is 5.19. The number of fused-ring (bicyclic) bond motifs is 1. The Bertz CT molecular complexity index is 1040. The number of likely N-dealkylation sites (tertiary alicyclic amines) is 1. The number of halogens is 3. The first kappa shape index (κ1) is 19.4. The van der Waals surface area contributed by atoms with E-state index in [1.807, 2.05) is 13.8 Å². The molecule has 0 N–H and O–H groups in total. The number of hydrogen-bond donors (Lipinski definition) is 0. The molecule has 154 valence electrons. The minimum absolute atomic E-state index is 0.149. The smallest absolute Gasteiger partial charge is 0.337 e. The fraction of sp³-hybridized carbons (Fsp3) is 0.474. The molecule has 0 saturated carbocycles. The Hall–Kier alpha value is -2.91. The zero-order valence-electron chi connectivity index (χ0n) is 16.1. The van der Waals surface area contributed by atoms with Crippen LogP contribution in [0.5, 0.6) is 0 Å². The summed E-state index contributed by atoms with van der Waals surface area (Å²) in [6.07, 6.45) is -0.199. The lowest BCUT2D eigenvalue weighted by Crippen LogP contribution is -2.39. The number of carbonyl (C=O) groups is 1. The summed E-state index contributed by atoms with van der Waals surface area (Å²) in [7, 11) is 0. The Morgan fingerprint density at radius 2 is 2.00 bits per heavy atom. The van der Waals surface area contributed by atoms with Gasteiger partial charge in [-0.05, 0) is 44.9 Å². The highest BCUT2D eigenvalue weighted by Crippen LogP contribution is 2.31. The largest absolute Gasteiger partial charge is 0.417 e. The van der Waals surface area contributed by atoms with E-state index in [0.717, 1.165) is 25.1 Å². The third kappa shape index (κ3) is 3.70. The molecular formula is C19H21F3N6O. The molecule has 0 bridgehead atoms. The van der Waals surface area contributed by atoms with Crippen LogP contribution in [0, 0.1) is 0 Å².